The molecule has 0 aliphatic carbocycles. The maximum absolute atomic E-state index is 12.4. The standard InChI is InChI=1S/C12H11Br4NO4/c1-2-4(3-18)17-11(19)5-6(12(20)21)8(14)10(16)9(15)7(5)13/h4,18H,2-3H2,1H3,(H,17,19)(H,20,21)/t4-/m1/s1. The topological polar surface area (TPSA) is 86.6 Å². The summed E-state index contributed by atoms with van der Waals surface area (Å²) < 4.78 is 1.58. The van der Waals surface area contributed by atoms with Crippen LogP contribution in [0.1, 0.15) is 34.1 Å². The van der Waals surface area contributed by atoms with Crippen LogP contribution in [0.2, 0.25) is 0 Å². The Morgan fingerprint density at radius 1 is 1.05 bits per heavy atom. The van der Waals surface area contributed by atoms with Gasteiger partial charge in [-0.3, -0.25) is 4.79 Å². The van der Waals surface area contributed by atoms with E-state index in [0.29, 0.717) is 19.8 Å². The number of aliphatic hydroxyl groups excluding tert-OH is 1. The van der Waals surface area contributed by atoms with Crippen molar-refractivity contribution >= 4 is 75.6 Å². The molecule has 0 spiro atoms. The zero-order chi connectivity index (χ0) is 16.3. The molecular formula is C12H11Br4NO4. The highest BCUT2D eigenvalue weighted by molar-refractivity contribution is 9.15. The number of hydrogen-bond donors (Lipinski definition) is 3. The predicted octanol–water partition coefficient (Wildman–Crippen LogP) is 3.94. The lowest BCUT2D eigenvalue weighted by Gasteiger charge is -2.18. The highest BCUT2D eigenvalue weighted by Crippen LogP contribution is 2.42. The van der Waals surface area contributed by atoms with Crippen LogP contribution in [0.4, 0.5) is 0 Å². The van der Waals surface area contributed by atoms with Crippen molar-refractivity contribution in [1.82, 2.24) is 5.32 Å². The molecule has 0 unspecified atom stereocenters. The molecule has 5 nitrogen and oxygen atoms in total. The van der Waals surface area contributed by atoms with Crippen LogP contribution in [0, 0.1) is 0 Å². The molecule has 0 aromatic heterocycles. The third-order valence-corrected chi connectivity index (χ3v) is 7.52. The molecule has 0 heterocycles. The van der Waals surface area contributed by atoms with Gasteiger partial charge in [0.2, 0.25) is 0 Å². The van der Waals surface area contributed by atoms with Crippen molar-refractivity contribution in [2.75, 3.05) is 6.61 Å². The molecule has 21 heavy (non-hydrogen) atoms. The van der Waals surface area contributed by atoms with Crippen molar-refractivity contribution in [3.8, 4) is 0 Å². The smallest absolute Gasteiger partial charge is 0.337 e. The molecule has 9 heteroatoms. The Bertz CT molecular complexity index is 587. The van der Waals surface area contributed by atoms with Crippen LogP contribution in [-0.2, 0) is 0 Å². The number of carboxylic acids is 1. The van der Waals surface area contributed by atoms with E-state index in [9.17, 15) is 14.7 Å². The number of amides is 1. The molecule has 0 saturated carbocycles. The number of nitrogens with one attached hydrogen (secondary N) is 1. The van der Waals surface area contributed by atoms with Gasteiger partial charge in [0.05, 0.1) is 23.8 Å². The molecule has 0 aliphatic rings. The Morgan fingerprint density at radius 3 is 1.90 bits per heavy atom. The van der Waals surface area contributed by atoms with Gasteiger partial charge >= 0.3 is 5.97 Å². The van der Waals surface area contributed by atoms with Crippen molar-refractivity contribution in [3.05, 3.63) is 29.0 Å². The van der Waals surface area contributed by atoms with Gasteiger partial charge in [0, 0.05) is 17.9 Å². The first-order chi connectivity index (χ1) is 9.76. The van der Waals surface area contributed by atoms with Gasteiger partial charge in [-0.05, 0) is 70.1 Å². The molecule has 1 rings (SSSR count). The number of carbonyl (C=O) groups is 2. The normalized spacial score (nSPS) is 12.1. The minimum absolute atomic E-state index is 0.0173. The summed E-state index contributed by atoms with van der Waals surface area (Å²) in [6, 6.07) is -0.438. The van der Waals surface area contributed by atoms with Crippen molar-refractivity contribution in [2.24, 2.45) is 0 Å². The summed E-state index contributed by atoms with van der Waals surface area (Å²) in [7, 11) is 0. The second kappa shape index (κ2) is 8.05. The van der Waals surface area contributed by atoms with Gasteiger partial charge in [-0.1, -0.05) is 6.92 Å². The number of hydrogen-bond acceptors (Lipinski definition) is 3. The number of aliphatic hydroxyl groups is 1. The van der Waals surface area contributed by atoms with Gasteiger partial charge in [0.15, 0.2) is 0 Å². The highest BCUT2D eigenvalue weighted by atomic mass is 79.9. The molecular weight excluding hydrogens is 542 g/mol. The molecule has 0 radical (unpaired) electrons. The molecule has 3 N–H and O–H groups in total. The first-order valence-electron chi connectivity index (χ1n) is 5.77. The van der Waals surface area contributed by atoms with Gasteiger partial charge in [0.25, 0.3) is 5.91 Å². The van der Waals surface area contributed by atoms with Gasteiger partial charge in [-0.15, -0.1) is 0 Å². The van der Waals surface area contributed by atoms with Gasteiger partial charge in [-0.2, -0.15) is 0 Å². The molecule has 0 saturated heterocycles. The van der Waals surface area contributed by atoms with Crippen molar-refractivity contribution in [3.63, 3.8) is 0 Å². The summed E-state index contributed by atoms with van der Waals surface area (Å²) in [5.41, 5.74) is -0.182. The van der Waals surface area contributed by atoms with E-state index in [2.05, 4.69) is 69.0 Å². The lowest BCUT2D eigenvalue weighted by Crippen LogP contribution is -2.38. The summed E-state index contributed by atoms with van der Waals surface area (Å²) in [5.74, 6) is -1.81. The third-order valence-electron chi connectivity index (χ3n) is 2.76. The SMILES string of the molecule is CC[C@H](CO)NC(=O)c1c(Br)c(Br)c(Br)c(Br)c1C(=O)O. The van der Waals surface area contributed by atoms with Crippen LogP contribution < -0.4 is 5.32 Å². The van der Waals surface area contributed by atoms with E-state index in [4.69, 9.17) is 5.11 Å². The number of halogens is 4. The van der Waals surface area contributed by atoms with Crippen molar-refractivity contribution in [2.45, 2.75) is 19.4 Å². The first-order valence-corrected chi connectivity index (χ1v) is 8.94. The van der Waals surface area contributed by atoms with Crippen molar-refractivity contribution < 1.29 is 19.8 Å². The Hall–Kier alpha value is 0.0400. The maximum atomic E-state index is 12.4. The van der Waals surface area contributed by atoms with Gasteiger partial charge in [-0.25, -0.2) is 4.79 Å². The Morgan fingerprint density at radius 2 is 1.52 bits per heavy atom. The number of rotatable bonds is 5. The fraction of sp³-hybridized carbons (Fsp3) is 0.333. The highest BCUT2D eigenvalue weighted by Gasteiger charge is 2.28. The average molecular weight is 553 g/mol. The van der Waals surface area contributed by atoms with E-state index >= 15 is 0 Å². The minimum atomic E-state index is -1.24. The summed E-state index contributed by atoms with van der Waals surface area (Å²) in [5, 5.41) is 21.1. The zero-order valence-electron chi connectivity index (χ0n) is 10.7. The average Bonchev–Trinajstić information content (AvgIpc) is 2.45. The molecule has 1 amide bonds. The zero-order valence-corrected chi connectivity index (χ0v) is 17.1. The van der Waals surface area contributed by atoms with E-state index in [0.717, 1.165) is 0 Å². The number of benzene rings is 1. The van der Waals surface area contributed by atoms with E-state index in [1.165, 1.54) is 0 Å². The maximum Gasteiger partial charge on any atom is 0.337 e. The second-order valence-corrected chi connectivity index (χ2v) is 7.24. The number of carbonyl (C=O) groups excluding carboxylic acids is 1. The first kappa shape index (κ1) is 19.1. The Labute approximate surface area is 155 Å². The van der Waals surface area contributed by atoms with Gasteiger partial charge < -0.3 is 15.5 Å². The van der Waals surface area contributed by atoms with Crippen LogP contribution in [0.5, 0.6) is 0 Å². The molecule has 0 bridgehead atoms. The summed E-state index contributed by atoms with van der Waals surface area (Å²) in [6.07, 6.45) is 0.529. The summed E-state index contributed by atoms with van der Waals surface area (Å²) >= 11 is 13.0. The number of aromatic carboxylic acids is 1. The Balaban J connectivity index is 3.47. The number of carboxylic acid groups (broad SMARTS) is 1. The fourth-order valence-corrected chi connectivity index (χ4v) is 4.05. The molecule has 116 valence electrons. The van der Waals surface area contributed by atoms with Crippen LogP contribution >= 0.6 is 63.7 Å². The largest absolute Gasteiger partial charge is 0.478 e. The van der Waals surface area contributed by atoms with Crippen molar-refractivity contribution in [1.29, 1.82) is 0 Å². The van der Waals surface area contributed by atoms with Gasteiger partial charge in [0.1, 0.15) is 0 Å². The lowest BCUT2D eigenvalue weighted by atomic mass is 10.1. The quantitative estimate of drug-likeness (QED) is 0.382. The van der Waals surface area contributed by atoms with E-state index in [-0.39, 0.29) is 22.2 Å². The van der Waals surface area contributed by atoms with E-state index in [1.807, 2.05) is 6.92 Å². The predicted molar refractivity (Wildman–Crippen MR) is 92.8 cm³/mol. The lowest BCUT2D eigenvalue weighted by molar-refractivity contribution is 0.0688. The summed E-state index contributed by atoms with van der Waals surface area (Å²) in [4.78, 5) is 23.8. The molecule has 1 aromatic carbocycles. The summed E-state index contributed by atoms with van der Waals surface area (Å²) in [6.45, 7) is 1.59. The Kier molecular flexibility index (Phi) is 7.32. The fourth-order valence-electron chi connectivity index (χ4n) is 1.58. The molecule has 0 fully saturated rings. The van der Waals surface area contributed by atoms with E-state index < -0.39 is 17.9 Å². The minimum Gasteiger partial charge on any atom is -0.478 e. The third kappa shape index (κ3) is 4.07. The van der Waals surface area contributed by atoms with Crippen LogP contribution in [0.3, 0.4) is 0 Å². The molecule has 1 atom stereocenters. The monoisotopic (exact) mass is 549 g/mol. The molecule has 0 aliphatic heterocycles. The van der Waals surface area contributed by atoms with Crippen LogP contribution in [0.25, 0.3) is 0 Å². The van der Waals surface area contributed by atoms with E-state index in [1.54, 1.807) is 0 Å². The van der Waals surface area contributed by atoms with Crippen LogP contribution in [-0.4, -0.2) is 34.7 Å². The molecule has 1 aromatic rings. The second-order valence-electron chi connectivity index (χ2n) is 4.07. The van der Waals surface area contributed by atoms with Crippen LogP contribution in [0.15, 0.2) is 17.9 Å².